The Balaban J connectivity index is 1.91. The second kappa shape index (κ2) is 6.17. The van der Waals surface area contributed by atoms with Gasteiger partial charge < -0.3 is 14.5 Å². The number of rotatable bonds is 5. The van der Waals surface area contributed by atoms with Crippen LogP contribution < -0.4 is 5.32 Å². The molecule has 0 saturated carbocycles. The van der Waals surface area contributed by atoms with Crippen LogP contribution >= 0.6 is 0 Å². The maximum absolute atomic E-state index is 5.53. The molecule has 2 rings (SSSR count). The molecule has 0 spiro atoms. The van der Waals surface area contributed by atoms with Gasteiger partial charge in [-0.1, -0.05) is 13.8 Å². The number of nitrogens with zero attached hydrogens (tertiary/aromatic N) is 1. The van der Waals surface area contributed by atoms with E-state index >= 15 is 0 Å². The molecule has 1 N–H and O–H groups in total. The topological polar surface area (TPSA) is 47.3 Å². The molecule has 0 bridgehead atoms. The SMILES string of the molecule is CC(C)CNCc1ncoc1C1CCCOC1. The molecule has 1 unspecified atom stereocenters. The van der Waals surface area contributed by atoms with E-state index in [1.165, 1.54) is 0 Å². The van der Waals surface area contributed by atoms with Crippen LogP contribution in [-0.4, -0.2) is 24.7 Å². The van der Waals surface area contributed by atoms with Crippen molar-refractivity contribution in [3.8, 4) is 0 Å². The van der Waals surface area contributed by atoms with Gasteiger partial charge in [0.2, 0.25) is 0 Å². The van der Waals surface area contributed by atoms with E-state index in [1.807, 2.05) is 0 Å². The highest BCUT2D eigenvalue weighted by Gasteiger charge is 2.22. The van der Waals surface area contributed by atoms with Crippen molar-refractivity contribution in [2.45, 2.75) is 39.2 Å². The minimum Gasteiger partial charge on any atom is -0.448 e. The zero-order valence-electron chi connectivity index (χ0n) is 10.7. The summed E-state index contributed by atoms with van der Waals surface area (Å²) < 4.78 is 11.0. The molecule has 1 aliphatic rings. The number of oxazole rings is 1. The first kappa shape index (κ1) is 12.6. The molecule has 1 aliphatic heterocycles. The molecule has 17 heavy (non-hydrogen) atoms. The van der Waals surface area contributed by atoms with Gasteiger partial charge in [0.1, 0.15) is 5.76 Å². The number of aromatic nitrogens is 1. The van der Waals surface area contributed by atoms with Gasteiger partial charge in [-0.15, -0.1) is 0 Å². The quantitative estimate of drug-likeness (QED) is 0.855. The second-order valence-corrected chi connectivity index (χ2v) is 5.10. The van der Waals surface area contributed by atoms with Crippen LogP contribution in [0, 0.1) is 5.92 Å². The van der Waals surface area contributed by atoms with E-state index in [4.69, 9.17) is 9.15 Å². The molecule has 0 aromatic carbocycles. The maximum atomic E-state index is 5.53. The van der Waals surface area contributed by atoms with Crippen molar-refractivity contribution in [2.75, 3.05) is 19.8 Å². The minimum atomic E-state index is 0.391. The van der Waals surface area contributed by atoms with E-state index in [0.29, 0.717) is 11.8 Å². The van der Waals surface area contributed by atoms with Gasteiger partial charge in [-0.05, 0) is 25.3 Å². The summed E-state index contributed by atoms with van der Waals surface area (Å²) in [5.74, 6) is 2.06. The van der Waals surface area contributed by atoms with Crippen LogP contribution in [0.4, 0.5) is 0 Å². The van der Waals surface area contributed by atoms with Gasteiger partial charge >= 0.3 is 0 Å². The van der Waals surface area contributed by atoms with Crippen molar-refractivity contribution in [1.29, 1.82) is 0 Å². The minimum absolute atomic E-state index is 0.391. The zero-order valence-corrected chi connectivity index (χ0v) is 10.7. The van der Waals surface area contributed by atoms with Crippen LogP contribution in [0.3, 0.4) is 0 Å². The predicted octanol–water partition coefficient (Wildman–Crippen LogP) is 2.31. The van der Waals surface area contributed by atoms with Crippen molar-refractivity contribution in [2.24, 2.45) is 5.92 Å². The summed E-state index contributed by atoms with van der Waals surface area (Å²) in [7, 11) is 0. The van der Waals surface area contributed by atoms with Gasteiger partial charge in [-0.2, -0.15) is 0 Å². The lowest BCUT2D eigenvalue weighted by Gasteiger charge is -2.20. The fourth-order valence-corrected chi connectivity index (χ4v) is 2.17. The fourth-order valence-electron chi connectivity index (χ4n) is 2.17. The van der Waals surface area contributed by atoms with Gasteiger partial charge in [0.25, 0.3) is 0 Å². The Bertz CT molecular complexity index is 330. The molecular weight excluding hydrogens is 216 g/mol. The zero-order chi connectivity index (χ0) is 12.1. The Labute approximate surface area is 103 Å². The molecule has 1 atom stereocenters. The smallest absolute Gasteiger partial charge is 0.181 e. The lowest BCUT2D eigenvalue weighted by atomic mass is 9.98. The molecule has 2 heterocycles. The van der Waals surface area contributed by atoms with Crippen LogP contribution in [0.1, 0.15) is 44.1 Å². The monoisotopic (exact) mass is 238 g/mol. The molecule has 0 amide bonds. The van der Waals surface area contributed by atoms with E-state index in [-0.39, 0.29) is 0 Å². The first-order valence-corrected chi connectivity index (χ1v) is 6.48. The van der Waals surface area contributed by atoms with Crippen LogP contribution in [-0.2, 0) is 11.3 Å². The van der Waals surface area contributed by atoms with Crippen molar-refractivity contribution in [1.82, 2.24) is 10.3 Å². The van der Waals surface area contributed by atoms with Crippen molar-refractivity contribution >= 4 is 0 Å². The molecule has 0 radical (unpaired) electrons. The summed E-state index contributed by atoms with van der Waals surface area (Å²) in [5.41, 5.74) is 1.04. The molecule has 4 nitrogen and oxygen atoms in total. The molecule has 96 valence electrons. The first-order chi connectivity index (χ1) is 8.27. The number of nitrogens with one attached hydrogen (secondary N) is 1. The summed E-state index contributed by atoms with van der Waals surface area (Å²) in [6.07, 6.45) is 3.81. The van der Waals surface area contributed by atoms with Crippen LogP contribution in [0.15, 0.2) is 10.8 Å². The average Bonchev–Trinajstić information content (AvgIpc) is 2.78. The Hall–Kier alpha value is -0.870. The van der Waals surface area contributed by atoms with Crippen LogP contribution in [0.5, 0.6) is 0 Å². The van der Waals surface area contributed by atoms with Gasteiger partial charge in [-0.3, -0.25) is 0 Å². The highest BCUT2D eigenvalue weighted by molar-refractivity contribution is 5.13. The van der Waals surface area contributed by atoms with Gasteiger partial charge in [-0.25, -0.2) is 4.98 Å². The third kappa shape index (κ3) is 3.54. The Morgan fingerprint density at radius 2 is 2.41 bits per heavy atom. The number of hydrogen-bond donors (Lipinski definition) is 1. The van der Waals surface area contributed by atoms with E-state index in [0.717, 1.165) is 50.6 Å². The van der Waals surface area contributed by atoms with Gasteiger partial charge in [0, 0.05) is 19.1 Å². The molecule has 1 aromatic heterocycles. The molecule has 0 aliphatic carbocycles. The highest BCUT2D eigenvalue weighted by atomic mass is 16.5. The Morgan fingerprint density at radius 1 is 1.53 bits per heavy atom. The summed E-state index contributed by atoms with van der Waals surface area (Å²) in [6, 6.07) is 0. The molecule has 1 aromatic rings. The largest absolute Gasteiger partial charge is 0.448 e. The van der Waals surface area contributed by atoms with E-state index in [1.54, 1.807) is 6.39 Å². The number of ether oxygens (including phenoxy) is 1. The molecule has 4 heteroatoms. The number of hydrogen-bond acceptors (Lipinski definition) is 4. The lowest BCUT2D eigenvalue weighted by molar-refractivity contribution is 0.0738. The predicted molar refractivity (Wildman–Crippen MR) is 65.8 cm³/mol. The third-order valence-corrected chi connectivity index (χ3v) is 3.05. The van der Waals surface area contributed by atoms with Crippen molar-refractivity contribution in [3.63, 3.8) is 0 Å². The van der Waals surface area contributed by atoms with Crippen LogP contribution in [0.25, 0.3) is 0 Å². The highest BCUT2D eigenvalue weighted by Crippen LogP contribution is 2.27. The standard InChI is InChI=1S/C13H22N2O2/c1-10(2)6-14-7-12-13(17-9-15-12)11-4-3-5-16-8-11/h9-11,14H,3-8H2,1-2H3. The maximum Gasteiger partial charge on any atom is 0.181 e. The third-order valence-electron chi connectivity index (χ3n) is 3.05. The first-order valence-electron chi connectivity index (χ1n) is 6.48. The van der Waals surface area contributed by atoms with E-state index < -0.39 is 0 Å². The molecule has 1 fully saturated rings. The van der Waals surface area contributed by atoms with Gasteiger partial charge in [0.05, 0.1) is 12.3 Å². The van der Waals surface area contributed by atoms with Crippen LogP contribution in [0.2, 0.25) is 0 Å². The van der Waals surface area contributed by atoms with E-state index in [2.05, 4.69) is 24.1 Å². The average molecular weight is 238 g/mol. The molecular formula is C13H22N2O2. The Kier molecular flexibility index (Phi) is 4.57. The van der Waals surface area contributed by atoms with Gasteiger partial charge in [0.15, 0.2) is 6.39 Å². The second-order valence-electron chi connectivity index (χ2n) is 5.10. The summed E-state index contributed by atoms with van der Waals surface area (Å²) in [4.78, 5) is 4.30. The van der Waals surface area contributed by atoms with Crippen molar-refractivity contribution < 1.29 is 9.15 Å². The lowest BCUT2D eigenvalue weighted by Crippen LogP contribution is -2.21. The Morgan fingerprint density at radius 3 is 3.12 bits per heavy atom. The summed E-state index contributed by atoms with van der Waals surface area (Å²) in [6.45, 7) is 7.85. The van der Waals surface area contributed by atoms with Crippen molar-refractivity contribution in [3.05, 3.63) is 17.8 Å². The fraction of sp³-hybridized carbons (Fsp3) is 0.769. The normalized spacial score (nSPS) is 21.0. The molecule has 1 saturated heterocycles. The summed E-state index contributed by atoms with van der Waals surface area (Å²) >= 11 is 0. The van der Waals surface area contributed by atoms with E-state index in [9.17, 15) is 0 Å². The summed E-state index contributed by atoms with van der Waals surface area (Å²) in [5, 5.41) is 3.40.